The van der Waals surface area contributed by atoms with E-state index in [9.17, 15) is 8.42 Å². The summed E-state index contributed by atoms with van der Waals surface area (Å²) in [7, 11) is -3.85. The van der Waals surface area contributed by atoms with Gasteiger partial charge in [-0.2, -0.15) is 8.42 Å². The molecule has 0 spiro atoms. The number of hydrogen-bond acceptors (Lipinski definition) is 4. The van der Waals surface area contributed by atoms with Gasteiger partial charge in [0.1, 0.15) is 10.6 Å². The smallest absolute Gasteiger partial charge is 0.339 e. The molecule has 0 aliphatic heterocycles. The lowest BCUT2D eigenvalue weighted by molar-refractivity contribution is 0.486. The van der Waals surface area contributed by atoms with Crippen LogP contribution in [0.3, 0.4) is 0 Å². The summed E-state index contributed by atoms with van der Waals surface area (Å²) in [5, 5.41) is 3.24. The van der Waals surface area contributed by atoms with Gasteiger partial charge in [0.15, 0.2) is 0 Å². The van der Waals surface area contributed by atoms with Gasteiger partial charge in [-0.1, -0.05) is 48.0 Å². The van der Waals surface area contributed by atoms with E-state index >= 15 is 0 Å². The summed E-state index contributed by atoms with van der Waals surface area (Å²) in [6, 6.07) is 24.6. The summed E-state index contributed by atoms with van der Waals surface area (Å²) in [5.41, 5.74) is 2.91. The predicted octanol–water partition coefficient (Wildman–Crippen LogP) is 4.22. The van der Waals surface area contributed by atoms with E-state index in [1.165, 1.54) is 5.56 Å². The van der Waals surface area contributed by atoms with Crippen LogP contribution in [0.25, 0.3) is 0 Å². The minimum Gasteiger partial charge on any atom is -0.384 e. The molecular weight excluding hydrogens is 346 g/mol. The van der Waals surface area contributed by atoms with Crippen LogP contribution in [0.2, 0.25) is 0 Å². The lowest BCUT2D eigenvalue weighted by atomic mass is 10.1. The monoisotopic (exact) mass is 366 g/mol. The Hall–Kier alpha value is -2.79. The van der Waals surface area contributed by atoms with Crippen LogP contribution in [0, 0.1) is 13.0 Å². The van der Waals surface area contributed by atoms with E-state index in [1.54, 1.807) is 42.5 Å². The van der Waals surface area contributed by atoms with Crippen molar-refractivity contribution in [3.63, 3.8) is 0 Å². The quantitative estimate of drug-likeness (QED) is 0.636. The first-order chi connectivity index (χ1) is 12.5. The fraction of sp³-hybridized carbons (Fsp3) is 0.143. The van der Waals surface area contributed by atoms with E-state index in [-0.39, 0.29) is 10.6 Å². The van der Waals surface area contributed by atoms with Gasteiger partial charge >= 0.3 is 10.1 Å². The summed E-state index contributed by atoms with van der Waals surface area (Å²) in [6.45, 7) is 2.62. The van der Waals surface area contributed by atoms with Crippen molar-refractivity contribution < 1.29 is 12.6 Å². The van der Waals surface area contributed by atoms with Crippen LogP contribution >= 0.6 is 0 Å². The first-order valence-corrected chi connectivity index (χ1v) is 9.74. The van der Waals surface area contributed by atoms with E-state index in [0.29, 0.717) is 12.2 Å². The fourth-order valence-electron chi connectivity index (χ4n) is 2.47. The summed E-state index contributed by atoms with van der Waals surface area (Å²) < 4.78 is 30.0. The maximum atomic E-state index is 12.4. The zero-order chi connectivity index (χ0) is 18.4. The predicted molar refractivity (Wildman–Crippen MR) is 103 cm³/mol. The van der Waals surface area contributed by atoms with Crippen molar-refractivity contribution in [1.82, 2.24) is 0 Å². The van der Waals surface area contributed by atoms with Crippen LogP contribution in [0.5, 0.6) is 5.75 Å². The highest BCUT2D eigenvalue weighted by atomic mass is 32.2. The van der Waals surface area contributed by atoms with E-state index < -0.39 is 10.1 Å². The number of benzene rings is 3. The Kier molecular flexibility index (Phi) is 5.58. The van der Waals surface area contributed by atoms with Gasteiger partial charge in [-0.25, -0.2) is 0 Å². The maximum Gasteiger partial charge on any atom is 0.339 e. The highest BCUT2D eigenvalue weighted by Gasteiger charge is 2.16. The van der Waals surface area contributed by atoms with Gasteiger partial charge in [0.25, 0.3) is 0 Å². The van der Waals surface area contributed by atoms with Gasteiger partial charge in [-0.3, -0.25) is 0 Å². The van der Waals surface area contributed by atoms with Crippen molar-refractivity contribution in [2.75, 3.05) is 11.9 Å². The summed E-state index contributed by atoms with van der Waals surface area (Å²) >= 11 is 0. The minimum atomic E-state index is -3.85. The molecule has 0 bridgehead atoms. The van der Waals surface area contributed by atoms with Crippen LogP contribution in [0.15, 0.2) is 77.7 Å². The van der Waals surface area contributed by atoms with E-state index in [0.717, 1.165) is 12.0 Å². The second kappa shape index (κ2) is 8.06. The SMILES string of the molecule is Cc1ccc(S(=O)(=O)Oc2cc[c]c(NCCc3ccccc3)c2)cc1. The van der Waals surface area contributed by atoms with Crippen LogP contribution < -0.4 is 9.50 Å². The van der Waals surface area contributed by atoms with Crippen LogP contribution in [0.1, 0.15) is 11.1 Å². The highest BCUT2D eigenvalue weighted by molar-refractivity contribution is 7.87. The molecule has 4 nitrogen and oxygen atoms in total. The van der Waals surface area contributed by atoms with Crippen LogP contribution in [0.4, 0.5) is 5.69 Å². The van der Waals surface area contributed by atoms with Crippen molar-refractivity contribution >= 4 is 15.8 Å². The molecule has 1 radical (unpaired) electrons. The molecule has 0 aliphatic carbocycles. The normalized spacial score (nSPS) is 11.1. The number of rotatable bonds is 7. The molecule has 0 aromatic heterocycles. The molecule has 0 aliphatic rings. The molecule has 1 N–H and O–H groups in total. The maximum absolute atomic E-state index is 12.4. The Balaban J connectivity index is 1.64. The summed E-state index contributed by atoms with van der Waals surface area (Å²) in [4.78, 5) is 0.134. The Bertz CT molecular complexity index is 952. The van der Waals surface area contributed by atoms with Crippen molar-refractivity contribution in [2.24, 2.45) is 0 Å². The number of hydrogen-bond donors (Lipinski definition) is 1. The third-order valence-electron chi connectivity index (χ3n) is 3.86. The molecule has 133 valence electrons. The van der Waals surface area contributed by atoms with Gasteiger partial charge in [0.05, 0.1) is 0 Å². The molecule has 0 saturated carbocycles. The molecule has 3 rings (SSSR count). The summed E-state index contributed by atoms with van der Waals surface area (Å²) in [5.74, 6) is 0.256. The fourth-order valence-corrected chi connectivity index (χ4v) is 3.39. The van der Waals surface area contributed by atoms with Crippen molar-refractivity contribution in [3.05, 3.63) is 90.0 Å². The number of nitrogens with one attached hydrogen (secondary N) is 1. The van der Waals surface area contributed by atoms with E-state index in [1.807, 2.05) is 25.1 Å². The molecule has 0 atom stereocenters. The Morgan fingerprint density at radius 2 is 1.73 bits per heavy atom. The Labute approximate surface area is 154 Å². The van der Waals surface area contributed by atoms with Crippen LogP contribution in [-0.4, -0.2) is 15.0 Å². The molecule has 0 fully saturated rings. The van der Waals surface area contributed by atoms with E-state index in [2.05, 4.69) is 23.5 Å². The van der Waals surface area contributed by atoms with Crippen molar-refractivity contribution in [1.29, 1.82) is 0 Å². The molecule has 26 heavy (non-hydrogen) atoms. The third kappa shape index (κ3) is 4.86. The molecule has 5 heteroatoms. The molecule has 0 unspecified atom stereocenters. The van der Waals surface area contributed by atoms with Gasteiger partial charge in [-0.15, -0.1) is 0 Å². The molecule has 0 heterocycles. The standard InChI is InChI=1S/C21H20NO3S/c1-17-10-12-21(13-11-17)26(23,24)25-20-9-5-8-19(16-20)22-15-14-18-6-3-2-4-7-18/h2-7,9-13,16,22H,14-15H2,1H3. The van der Waals surface area contributed by atoms with Gasteiger partial charge in [0, 0.05) is 24.4 Å². The van der Waals surface area contributed by atoms with Crippen molar-refractivity contribution in [3.8, 4) is 5.75 Å². The molecule has 3 aromatic rings. The average Bonchev–Trinajstić information content (AvgIpc) is 2.63. The number of anilines is 1. The molecule has 3 aromatic carbocycles. The van der Waals surface area contributed by atoms with Gasteiger partial charge in [0.2, 0.25) is 0 Å². The largest absolute Gasteiger partial charge is 0.384 e. The Morgan fingerprint density at radius 3 is 2.46 bits per heavy atom. The topological polar surface area (TPSA) is 55.4 Å². The zero-order valence-corrected chi connectivity index (χ0v) is 15.3. The molecule has 0 saturated heterocycles. The average molecular weight is 366 g/mol. The molecule has 0 amide bonds. The van der Waals surface area contributed by atoms with Gasteiger partial charge in [-0.05, 0) is 43.2 Å². The second-order valence-electron chi connectivity index (χ2n) is 5.95. The highest BCUT2D eigenvalue weighted by Crippen LogP contribution is 2.22. The lowest BCUT2D eigenvalue weighted by Crippen LogP contribution is -2.10. The van der Waals surface area contributed by atoms with E-state index in [4.69, 9.17) is 4.18 Å². The third-order valence-corrected chi connectivity index (χ3v) is 5.12. The van der Waals surface area contributed by atoms with Crippen molar-refractivity contribution in [2.45, 2.75) is 18.2 Å². The minimum absolute atomic E-state index is 0.134. The number of aryl methyl sites for hydroxylation is 1. The zero-order valence-electron chi connectivity index (χ0n) is 14.5. The van der Waals surface area contributed by atoms with Crippen LogP contribution in [-0.2, 0) is 16.5 Å². The first-order valence-electron chi connectivity index (χ1n) is 8.34. The summed E-state index contributed by atoms with van der Waals surface area (Å²) in [6.07, 6.45) is 0.863. The second-order valence-corrected chi connectivity index (χ2v) is 7.50. The first kappa shape index (κ1) is 18.0. The lowest BCUT2D eigenvalue weighted by Gasteiger charge is -2.10. The Morgan fingerprint density at radius 1 is 1.00 bits per heavy atom. The van der Waals surface area contributed by atoms with Gasteiger partial charge < -0.3 is 9.50 Å². The molecular formula is C21H20NO3S.